The van der Waals surface area contributed by atoms with Crippen LogP contribution in [0.5, 0.6) is 0 Å². The highest BCUT2D eigenvalue weighted by Crippen LogP contribution is 2.17. The van der Waals surface area contributed by atoms with E-state index in [-0.39, 0.29) is 5.91 Å². The van der Waals surface area contributed by atoms with Crippen molar-refractivity contribution in [3.63, 3.8) is 0 Å². The predicted molar refractivity (Wildman–Crippen MR) is 88.8 cm³/mol. The summed E-state index contributed by atoms with van der Waals surface area (Å²) in [6, 6.07) is 9.93. The summed E-state index contributed by atoms with van der Waals surface area (Å²) in [5, 5.41) is 2.85. The van der Waals surface area contributed by atoms with Crippen molar-refractivity contribution in [3.8, 4) is 0 Å². The van der Waals surface area contributed by atoms with Gasteiger partial charge in [0, 0.05) is 31.4 Å². The van der Waals surface area contributed by atoms with Crippen LogP contribution in [0.2, 0.25) is 6.04 Å². The standard InChI is InChI=1S/C16H27NO4Si/c1-4-14-22(19-5-2,20-6-3)21-13-12-17-16(18)15-10-8-7-9-11-15/h7-11H,4-6,12-14H2,1-3H3,(H,17,18). The normalized spacial score (nSPS) is 11.4. The van der Waals surface area contributed by atoms with Gasteiger partial charge in [-0.3, -0.25) is 4.79 Å². The van der Waals surface area contributed by atoms with E-state index in [1.54, 1.807) is 12.1 Å². The molecule has 0 bridgehead atoms. The monoisotopic (exact) mass is 325 g/mol. The third-order valence-corrected chi connectivity index (χ3v) is 6.24. The third-order valence-electron chi connectivity index (χ3n) is 3.03. The van der Waals surface area contributed by atoms with Crippen LogP contribution in [0.4, 0.5) is 0 Å². The van der Waals surface area contributed by atoms with Gasteiger partial charge in [0.15, 0.2) is 0 Å². The molecule has 0 fully saturated rings. The fourth-order valence-corrected chi connectivity index (χ4v) is 4.74. The molecule has 0 radical (unpaired) electrons. The lowest BCUT2D eigenvalue weighted by atomic mass is 10.2. The first-order valence-electron chi connectivity index (χ1n) is 7.92. The van der Waals surface area contributed by atoms with Crippen LogP contribution < -0.4 is 5.32 Å². The molecule has 0 spiro atoms. The van der Waals surface area contributed by atoms with Gasteiger partial charge >= 0.3 is 8.80 Å². The quantitative estimate of drug-likeness (QED) is 0.502. The molecule has 1 rings (SSSR count). The highest BCUT2D eigenvalue weighted by Gasteiger charge is 2.39. The van der Waals surface area contributed by atoms with Gasteiger partial charge in [-0.2, -0.15) is 0 Å². The first-order chi connectivity index (χ1) is 10.7. The maximum absolute atomic E-state index is 11.9. The number of carbonyl (C=O) groups excluding carboxylic acids is 1. The number of hydrogen-bond donors (Lipinski definition) is 1. The second kappa shape index (κ2) is 10.5. The predicted octanol–water partition coefficient (Wildman–Crippen LogP) is 2.85. The zero-order chi connectivity index (χ0) is 16.3. The molecule has 0 aromatic heterocycles. The van der Waals surface area contributed by atoms with Crippen molar-refractivity contribution < 1.29 is 18.1 Å². The molecule has 0 aliphatic heterocycles. The zero-order valence-electron chi connectivity index (χ0n) is 13.8. The second-order valence-corrected chi connectivity index (χ2v) is 7.50. The summed E-state index contributed by atoms with van der Waals surface area (Å²) >= 11 is 0. The van der Waals surface area contributed by atoms with Gasteiger partial charge in [0.2, 0.25) is 0 Å². The van der Waals surface area contributed by atoms with E-state index in [0.717, 1.165) is 12.5 Å². The van der Waals surface area contributed by atoms with E-state index in [1.165, 1.54) is 0 Å². The van der Waals surface area contributed by atoms with E-state index in [9.17, 15) is 4.79 Å². The molecule has 0 aliphatic rings. The van der Waals surface area contributed by atoms with Gasteiger partial charge in [0.05, 0.1) is 6.61 Å². The number of carbonyl (C=O) groups is 1. The fourth-order valence-electron chi connectivity index (χ4n) is 2.15. The molecule has 124 valence electrons. The van der Waals surface area contributed by atoms with Crippen molar-refractivity contribution >= 4 is 14.7 Å². The van der Waals surface area contributed by atoms with E-state index in [1.807, 2.05) is 32.0 Å². The molecule has 6 heteroatoms. The molecule has 0 saturated heterocycles. The number of rotatable bonds is 11. The van der Waals surface area contributed by atoms with Crippen LogP contribution in [-0.4, -0.2) is 41.1 Å². The van der Waals surface area contributed by atoms with Crippen LogP contribution in [0.1, 0.15) is 37.6 Å². The van der Waals surface area contributed by atoms with Gasteiger partial charge in [-0.25, -0.2) is 0 Å². The van der Waals surface area contributed by atoms with E-state index in [0.29, 0.717) is 31.9 Å². The van der Waals surface area contributed by atoms with Crippen LogP contribution in [0.25, 0.3) is 0 Å². The molecule has 1 aromatic carbocycles. The van der Waals surface area contributed by atoms with Gasteiger partial charge in [0.25, 0.3) is 5.91 Å². The summed E-state index contributed by atoms with van der Waals surface area (Å²) in [5.41, 5.74) is 0.647. The maximum atomic E-state index is 11.9. The minimum absolute atomic E-state index is 0.0974. The lowest BCUT2D eigenvalue weighted by molar-refractivity contribution is 0.0658. The molecule has 0 unspecified atom stereocenters. The molecule has 1 amide bonds. The molecular weight excluding hydrogens is 298 g/mol. The summed E-state index contributed by atoms with van der Waals surface area (Å²) in [5.74, 6) is -0.0974. The molecule has 0 heterocycles. The van der Waals surface area contributed by atoms with Gasteiger partial charge in [-0.15, -0.1) is 0 Å². The fraction of sp³-hybridized carbons (Fsp3) is 0.562. The highest BCUT2D eigenvalue weighted by molar-refractivity contribution is 6.60. The molecule has 0 atom stereocenters. The van der Waals surface area contributed by atoms with Crippen molar-refractivity contribution in [2.24, 2.45) is 0 Å². The summed E-state index contributed by atoms with van der Waals surface area (Å²) in [4.78, 5) is 11.9. The SMILES string of the molecule is CCC[Si](OCC)(OCC)OCCNC(=O)c1ccccc1. The summed E-state index contributed by atoms with van der Waals surface area (Å²) < 4.78 is 17.5. The van der Waals surface area contributed by atoms with Crippen molar-refractivity contribution in [2.75, 3.05) is 26.4 Å². The summed E-state index contributed by atoms with van der Waals surface area (Å²) in [6.45, 7) is 7.94. The average molecular weight is 325 g/mol. The van der Waals surface area contributed by atoms with Gasteiger partial charge < -0.3 is 18.6 Å². The Morgan fingerprint density at radius 1 is 1.05 bits per heavy atom. The Labute approximate surface area is 134 Å². The van der Waals surface area contributed by atoms with Crippen LogP contribution in [0, 0.1) is 0 Å². The topological polar surface area (TPSA) is 56.8 Å². The molecule has 1 aromatic rings. The third kappa shape index (κ3) is 6.27. The lowest BCUT2D eigenvalue weighted by Gasteiger charge is -2.28. The molecule has 0 aliphatic carbocycles. The summed E-state index contributed by atoms with van der Waals surface area (Å²) in [7, 11) is -2.60. The Kier molecular flexibility index (Phi) is 8.99. The Morgan fingerprint density at radius 3 is 2.23 bits per heavy atom. The minimum Gasteiger partial charge on any atom is -0.374 e. The van der Waals surface area contributed by atoms with Crippen LogP contribution in [0.3, 0.4) is 0 Å². The van der Waals surface area contributed by atoms with Crippen molar-refractivity contribution in [2.45, 2.75) is 33.2 Å². The van der Waals surface area contributed by atoms with E-state index in [2.05, 4.69) is 12.2 Å². The summed E-state index contributed by atoms with van der Waals surface area (Å²) in [6.07, 6.45) is 0.947. The van der Waals surface area contributed by atoms with E-state index < -0.39 is 8.80 Å². The smallest absolute Gasteiger partial charge is 0.374 e. The van der Waals surface area contributed by atoms with E-state index in [4.69, 9.17) is 13.3 Å². The Balaban J connectivity index is 2.43. The van der Waals surface area contributed by atoms with E-state index >= 15 is 0 Å². The average Bonchev–Trinajstić information content (AvgIpc) is 2.53. The van der Waals surface area contributed by atoms with Crippen LogP contribution in [-0.2, 0) is 13.3 Å². The van der Waals surface area contributed by atoms with Crippen molar-refractivity contribution in [1.82, 2.24) is 5.32 Å². The number of benzene rings is 1. The largest absolute Gasteiger partial charge is 0.500 e. The molecule has 0 saturated carbocycles. The maximum Gasteiger partial charge on any atom is 0.500 e. The van der Waals surface area contributed by atoms with Gasteiger partial charge in [0.1, 0.15) is 0 Å². The van der Waals surface area contributed by atoms with Gasteiger partial charge in [-0.05, 0) is 26.0 Å². The second-order valence-electron chi connectivity index (χ2n) is 4.77. The molecule has 5 nitrogen and oxygen atoms in total. The molecule has 22 heavy (non-hydrogen) atoms. The van der Waals surface area contributed by atoms with Crippen molar-refractivity contribution in [3.05, 3.63) is 35.9 Å². The Hall–Kier alpha value is -1.21. The number of amides is 1. The van der Waals surface area contributed by atoms with Crippen molar-refractivity contribution in [1.29, 1.82) is 0 Å². The zero-order valence-corrected chi connectivity index (χ0v) is 14.8. The Bertz CT molecular complexity index is 410. The van der Waals surface area contributed by atoms with Gasteiger partial charge in [-0.1, -0.05) is 31.5 Å². The lowest BCUT2D eigenvalue weighted by Crippen LogP contribution is -2.47. The Morgan fingerprint density at radius 2 is 1.68 bits per heavy atom. The molecular formula is C16H27NO4Si. The molecule has 1 N–H and O–H groups in total. The minimum atomic E-state index is -2.60. The number of nitrogens with one attached hydrogen (secondary N) is 1. The highest BCUT2D eigenvalue weighted by atomic mass is 28.4. The first-order valence-corrected chi connectivity index (χ1v) is 9.85. The van der Waals surface area contributed by atoms with Crippen LogP contribution in [0.15, 0.2) is 30.3 Å². The number of hydrogen-bond acceptors (Lipinski definition) is 4. The first kappa shape index (κ1) is 18.8. The van der Waals surface area contributed by atoms with Crippen LogP contribution >= 0.6 is 0 Å².